The maximum Gasteiger partial charge on any atom is 0.321 e. The van der Waals surface area contributed by atoms with Crippen molar-refractivity contribution in [3.8, 4) is 6.07 Å². The Labute approximate surface area is 251 Å². The van der Waals surface area contributed by atoms with Crippen LogP contribution in [-0.4, -0.2) is 72.2 Å². The van der Waals surface area contributed by atoms with E-state index in [1.807, 2.05) is 54.6 Å². The van der Waals surface area contributed by atoms with Crippen LogP contribution in [-0.2, 0) is 17.1 Å². The standard InChI is InChI=1S/C32H36N6O3S/c1-37(28-15-18-38(21-28)20-24-9-4-2-5-10-24)32(41)35-27-14-8-13-26(19-27)30(39)36-29(31(40)34-17-16-33)23-42-22-25-11-6-3-7-12-25/h2-14,19,28-29H,15,17-18,20-23H2,1H3,(H,34,40)(H,35,41)(H,36,39). The first kappa shape index (κ1) is 30.6. The molecule has 3 aromatic rings. The first-order valence-corrected chi connectivity index (χ1v) is 15.1. The molecule has 4 rings (SSSR count). The van der Waals surface area contributed by atoms with Crippen molar-refractivity contribution in [2.24, 2.45) is 0 Å². The molecule has 1 aliphatic heterocycles. The molecule has 1 saturated heterocycles. The number of thioether (sulfide) groups is 1. The molecule has 0 saturated carbocycles. The maximum absolute atomic E-state index is 13.1. The highest BCUT2D eigenvalue weighted by molar-refractivity contribution is 7.98. The molecular weight excluding hydrogens is 548 g/mol. The van der Waals surface area contributed by atoms with Crippen LogP contribution in [0.4, 0.5) is 10.5 Å². The number of hydrogen-bond acceptors (Lipinski definition) is 6. The van der Waals surface area contributed by atoms with Crippen LogP contribution >= 0.6 is 11.8 Å². The summed E-state index contributed by atoms with van der Waals surface area (Å²) >= 11 is 1.52. The lowest BCUT2D eigenvalue weighted by atomic mass is 10.1. The summed E-state index contributed by atoms with van der Waals surface area (Å²) in [5.74, 6) is 0.152. The molecule has 0 bridgehead atoms. The minimum absolute atomic E-state index is 0.0845. The minimum Gasteiger partial charge on any atom is -0.341 e. The highest BCUT2D eigenvalue weighted by atomic mass is 32.2. The molecule has 3 aromatic carbocycles. The summed E-state index contributed by atoms with van der Waals surface area (Å²) in [7, 11) is 1.79. The van der Waals surface area contributed by atoms with Crippen LogP contribution in [0.2, 0.25) is 0 Å². The van der Waals surface area contributed by atoms with Crippen LogP contribution in [0.5, 0.6) is 0 Å². The van der Waals surface area contributed by atoms with E-state index in [2.05, 4.69) is 33.0 Å². The van der Waals surface area contributed by atoms with Gasteiger partial charge in [-0.1, -0.05) is 66.7 Å². The largest absolute Gasteiger partial charge is 0.341 e. The molecule has 2 unspecified atom stereocenters. The van der Waals surface area contributed by atoms with E-state index in [0.29, 0.717) is 22.8 Å². The number of nitrogens with zero attached hydrogens (tertiary/aromatic N) is 3. The molecule has 1 heterocycles. The van der Waals surface area contributed by atoms with Gasteiger partial charge in [0.15, 0.2) is 0 Å². The number of urea groups is 1. The summed E-state index contributed by atoms with van der Waals surface area (Å²) in [5.41, 5.74) is 3.17. The quantitative estimate of drug-likeness (QED) is 0.276. The molecule has 0 aromatic heterocycles. The normalized spacial score (nSPS) is 15.3. The van der Waals surface area contributed by atoms with Crippen molar-refractivity contribution in [3.63, 3.8) is 0 Å². The van der Waals surface area contributed by atoms with Gasteiger partial charge in [-0.3, -0.25) is 14.5 Å². The van der Waals surface area contributed by atoms with E-state index in [4.69, 9.17) is 5.26 Å². The van der Waals surface area contributed by atoms with Gasteiger partial charge in [-0.15, -0.1) is 0 Å². The van der Waals surface area contributed by atoms with Gasteiger partial charge in [0.05, 0.1) is 6.07 Å². The van der Waals surface area contributed by atoms with E-state index < -0.39 is 17.9 Å². The Morgan fingerprint density at radius 1 is 1.02 bits per heavy atom. The Balaban J connectivity index is 1.32. The van der Waals surface area contributed by atoms with Gasteiger partial charge in [0.2, 0.25) is 5.91 Å². The molecule has 218 valence electrons. The number of likely N-dealkylation sites (N-methyl/N-ethyl adjacent to an activating group) is 1. The summed E-state index contributed by atoms with van der Waals surface area (Å²) in [6, 6.07) is 27.7. The lowest BCUT2D eigenvalue weighted by molar-refractivity contribution is -0.122. The fraction of sp³-hybridized carbons (Fsp3) is 0.312. The van der Waals surface area contributed by atoms with E-state index in [-0.39, 0.29) is 18.6 Å². The summed E-state index contributed by atoms with van der Waals surface area (Å²) in [4.78, 5) is 43.0. The number of nitriles is 1. The van der Waals surface area contributed by atoms with E-state index in [0.717, 1.165) is 31.6 Å². The number of amides is 4. The first-order valence-electron chi connectivity index (χ1n) is 13.9. The lowest BCUT2D eigenvalue weighted by Gasteiger charge is -2.25. The topological polar surface area (TPSA) is 118 Å². The second-order valence-corrected chi connectivity index (χ2v) is 11.2. The number of benzene rings is 3. The Hall–Kier alpha value is -4.33. The molecule has 2 atom stereocenters. The second kappa shape index (κ2) is 15.6. The molecule has 10 heteroatoms. The van der Waals surface area contributed by atoms with Crippen molar-refractivity contribution in [2.45, 2.75) is 30.8 Å². The smallest absolute Gasteiger partial charge is 0.321 e. The minimum atomic E-state index is -0.829. The number of rotatable bonds is 12. The Morgan fingerprint density at radius 2 is 1.74 bits per heavy atom. The summed E-state index contributed by atoms with van der Waals surface area (Å²) < 4.78 is 0. The number of carbonyl (C=O) groups excluding carboxylic acids is 3. The molecule has 1 fully saturated rings. The zero-order valence-corrected chi connectivity index (χ0v) is 24.5. The van der Waals surface area contributed by atoms with Crippen molar-refractivity contribution in [2.75, 3.05) is 37.8 Å². The predicted octanol–water partition coefficient (Wildman–Crippen LogP) is 4.10. The molecule has 42 heavy (non-hydrogen) atoms. The van der Waals surface area contributed by atoms with Crippen LogP contribution in [0.1, 0.15) is 27.9 Å². The van der Waals surface area contributed by atoms with E-state index in [9.17, 15) is 14.4 Å². The van der Waals surface area contributed by atoms with Crippen LogP contribution in [0.25, 0.3) is 0 Å². The monoisotopic (exact) mass is 584 g/mol. The third kappa shape index (κ3) is 9.09. The fourth-order valence-corrected chi connectivity index (χ4v) is 5.79. The molecule has 1 aliphatic rings. The van der Waals surface area contributed by atoms with Crippen LogP contribution < -0.4 is 16.0 Å². The Kier molecular flexibility index (Phi) is 11.4. The Morgan fingerprint density at radius 3 is 2.45 bits per heavy atom. The van der Waals surface area contributed by atoms with E-state index in [1.165, 1.54) is 17.3 Å². The van der Waals surface area contributed by atoms with Gasteiger partial charge < -0.3 is 20.9 Å². The highest BCUT2D eigenvalue weighted by Crippen LogP contribution is 2.19. The van der Waals surface area contributed by atoms with Gasteiger partial charge in [0, 0.05) is 55.5 Å². The second-order valence-electron chi connectivity index (χ2n) is 10.2. The number of carbonyl (C=O) groups is 3. The highest BCUT2D eigenvalue weighted by Gasteiger charge is 2.28. The van der Waals surface area contributed by atoms with Gasteiger partial charge in [-0.2, -0.15) is 17.0 Å². The Bertz CT molecular complexity index is 1380. The number of nitrogens with one attached hydrogen (secondary N) is 3. The lowest BCUT2D eigenvalue weighted by Crippen LogP contribution is -2.48. The third-order valence-electron chi connectivity index (χ3n) is 7.10. The van der Waals surface area contributed by atoms with Gasteiger partial charge >= 0.3 is 6.03 Å². The average Bonchev–Trinajstić information content (AvgIpc) is 3.48. The maximum atomic E-state index is 13.1. The number of anilines is 1. The molecule has 0 spiro atoms. The summed E-state index contributed by atoms with van der Waals surface area (Å²) in [6.45, 7) is 2.41. The van der Waals surface area contributed by atoms with Crippen molar-refractivity contribution in [3.05, 3.63) is 102 Å². The molecular formula is C32H36N6O3S. The SMILES string of the molecule is CN(C(=O)Nc1cccc(C(=O)NC(CSCc2ccccc2)C(=O)NCC#N)c1)C1CCN(Cc2ccccc2)C1. The van der Waals surface area contributed by atoms with Crippen molar-refractivity contribution < 1.29 is 14.4 Å². The van der Waals surface area contributed by atoms with E-state index in [1.54, 1.807) is 36.2 Å². The first-order chi connectivity index (χ1) is 20.4. The van der Waals surface area contributed by atoms with Gasteiger partial charge in [-0.25, -0.2) is 4.79 Å². The van der Waals surface area contributed by atoms with Gasteiger partial charge in [0.1, 0.15) is 12.6 Å². The molecule has 3 N–H and O–H groups in total. The molecule has 0 radical (unpaired) electrons. The predicted molar refractivity (Wildman–Crippen MR) is 166 cm³/mol. The molecule has 9 nitrogen and oxygen atoms in total. The van der Waals surface area contributed by atoms with E-state index >= 15 is 0 Å². The van der Waals surface area contributed by atoms with Crippen molar-refractivity contribution in [1.29, 1.82) is 5.26 Å². The number of hydrogen-bond donors (Lipinski definition) is 3. The van der Waals surface area contributed by atoms with Crippen molar-refractivity contribution >= 4 is 35.3 Å². The van der Waals surface area contributed by atoms with Gasteiger partial charge in [-0.05, 0) is 35.7 Å². The van der Waals surface area contributed by atoms with Gasteiger partial charge in [0.25, 0.3) is 5.91 Å². The molecule has 4 amide bonds. The zero-order valence-electron chi connectivity index (χ0n) is 23.7. The van der Waals surface area contributed by atoms with Crippen LogP contribution in [0, 0.1) is 11.3 Å². The number of likely N-dealkylation sites (tertiary alicyclic amines) is 1. The van der Waals surface area contributed by atoms with Crippen molar-refractivity contribution in [1.82, 2.24) is 20.4 Å². The summed E-state index contributed by atoms with van der Waals surface area (Å²) in [5, 5.41) is 17.1. The average molecular weight is 585 g/mol. The summed E-state index contributed by atoms with van der Waals surface area (Å²) in [6.07, 6.45) is 0.886. The van der Waals surface area contributed by atoms with Crippen LogP contribution in [0.3, 0.4) is 0 Å². The zero-order chi connectivity index (χ0) is 29.7. The fourth-order valence-electron chi connectivity index (χ4n) is 4.77. The van der Waals surface area contributed by atoms with Crippen LogP contribution in [0.15, 0.2) is 84.9 Å². The molecule has 0 aliphatic carbocycles. The third-order valence-corrected chi connectivity index (χ3v) is 8.21.